The number of ether oxygens (including phenoxy) is 1. The Hall–Kier alpha value is -1.85. The molecule has 0 bridgehead atoms. The normalized spacial score (nSPS) is 11.7. The fourth-order valence-corrected chi connectivity index (χ4v) is 3.04. The van der Waals surface area contributed by atoms with Crippen molar-refractivity contribution >= 4 is 34.8 Å². The lowest BCUT2D eigenvalue weighted by Gasteiger charge is -2.18. The molecule has 122 valence electrons. The third kappa shape index (κ3) is 5.37. The van der Waals surface area contributed by atoms with Crippen LogP contribution in [0.5, 0.6) is 0 Å². The number of hydrogen-bond acceptors (Lipinski definition) is 4. The molecule has 0 aliphatic carbocycles. The zero-order chi connectivity index (χ0) is 16.7. The molecule has 0 spiro atoms. The molecule has 0 saturated heterocycles. The standard InChI is InChI=1S/C17H18ClNO3S/c1-2-22-16(21)10-9-15(20)19-17(14-4-3-11-23-14)12-5-7-13(18)8-6-12/h3-8,11,17H,2,9-10H2,1H3,(H,19,20)/t17-/m1/s1. The first-order chi connectivity index (χ1) is 11.1. The van der Waals surface area contributed by atoms with Crippen LogP contribution in [-0.4, -0.2) is 18.5 Å². The highest BCUT2D eigenvalue weighted by molar-refractivity contribution is 7.10. The van der Waals surface area contributed by atoms with Crippen molar-refractivity contribution in [1.82, 2.24) is 5.32 Å². The van der Waals surface area contributed by atoms with Crippen LogP contribution < -0.4 is 5.32 Å². The van der Waals surface area contributed by atoms with Gasteiger partial charge >= 0.3 is 5.97 Å². The van der Waals surface area contributed by atoms with Gasteiger partial charge in [0.2, 0.25) is 5.91 Å². The zero-order valence-electron chi connectivity index (χ0n) is 12.8. The van der Waals surface area contributed by atoms with Gasteiger partial charge in [-0.3, -0.25) is 9.59 Å². The number of esters is 1. The van der Waals surface area contributed by atoms with Gasteiger partial charge in [-0.25, -0.2) is 0 Å². The average Bonchev–Trinajstić information content (AvgIpc) is 3.06. The minimum absolute atomic E-state index is 0.0808. The summed E-state index contributed by atoms with van der Waals surface area (Å²) in [6, 6.07) is 11.0. The van der Waals surface area contributed by atoms with E-state index >= 15 is 0 Å². The summed E-state index contributed by atoms with van der Waals surface area (Å²) in [4.78, 5) is 24.5. The molecule has 6 heteroatoms. The van der Waals surface area contributed by atoms with Crippen molar-refractivity contribution in [1.29, 1.82) is 0 Å². The maximum Gasteiger partial charge on any atom is 0.306 e. The average molecular weight is 352 g/mol. The Bertz CT molecular complexity index is 640. The third-order valence-corrected chi connectivity index (χ3v) is 4.39. The van der Waals surface area contributed by atoms with E-state index in [0.29, 0.717) is 11.6 Å². The first-order valence-corrected chi connectivity index (χ1v) is 8.59. The van der Waals surface area contributed by atoms with E-state index < -0.39 is 0 Å². The predicted molar refractivity (Wildman–Crippen MR) is 91.6 cm³/mol. The van der Waals surface area contributed by atoms with Crippen molar-refractivity contribution in [3.8, 4) is 0 Å². The van der Waals surface area contributed by atoms with E-state index in [1.807, 2.05) is 29.6 Å². The molecule has 0 saturated carbocycles. The quantitative estimate of drug-likeness (QED) is 0.768. The van der Waals surface area contributed by atoms with Crippen molar-refractivity contribution in [3.63, 3.8) is 0 Å². The van der Waals surface area contributed by atoms with Crippen LogP contribution in [0.3, 0.4) is 0 Å². The van der Waals surface area contributed by atoms with Crippen LogP contribution in [0, 0.1) is 0 Å². The van der Waals surface area contributed by atoms with Crippen LogP contribution in [0.2, 0.25) is 5.02 Å². The van der Waals surface area contributed by atoms with Gasteiger partial charge in [-0.05, 0) is 36.1 Å². The molecule has 0 unspecified atom stereocenters. The van der Waals surface area contributed by atoms with Crippen LogP contribution in [0.15, 0.2) is 41.8 Å². The number of halogens is 1. The molecule has 2 rings (SSSR count). The second kappa shape index (κ2) is 8.70. The largest absolute Gasteiger partial charge is 0.466 e. The van der Waals surface area contributed by atoms with Crippen LogP contribution in [0.4, 0.5) is 0 Å². The van der Waals surface area contributed by atoms with E-state index in [2.05, 4.69) is 5.32 Å². The van der Waals surface area contributed by atoms with Crippen LogP contribution in [0.25, 0.3) is 0 Å². The van der Waals surface area contributed by atoms with E-state index in [0.717, 1.165) is 10.4 Å². The van der Waals surface area contributed by atoms with E-state index in [9.17, 15) is 9.59 Å². The van der Waals surface area contributed by atoms with E-state index in [1.54, 1.807) is 30.4 Å². The monoisotopic (exact) mass is 351 g/mol. The summed E-state index contributed by atoms with van der Waals surface area (Å²) in [6.45, 7) is 2.06. The van der Waals surface area contributed by atoms with Crippen LogP contribution in [-0.2, 0) is 14.3 Å². The predicted octanol–water partition coefficient (Wildman–Crippen LogP) is 3.95. The van der Waals surface area contributed by atoms with Gasteiger partial charge in [0.15, 0.2) is 0 Å². The second-order valence-electron chi connectivity index (χ2n) is 4.87. The maximum atomic E-state index is 12.2. The molecule has 1 aromatic carbocycles. The van der Waals surface area contributed by atoms with Gasteiger partial charge in [-0.1, -0.05) is 29.8 Å². The summed E-state index contributed by atoms with van der Waals surface area (Å²) >= 11 is 7.49. The van der Waals surface area contributed by atoms with Gasteiger partial charge in [0, 0.05) is 16.3 Å². The van der Waals surface area contributed by atoms with Crippen LogP contribution in [0.1, 0.15) is 36.2 Å². The van der Waals surface area contributed by atoms with Crippen molar-refractivity contribution in [2.24, 2.45) is 0 Å². The molecular formula is C17H18ClNO3S. The molecular weight excluding hydrogens is 334 g/mol. The fourth-order valence-electron chi connectivity index (χ4n) is 2.11. The summed E-state index contributed by atoms with van der Waals surface area (Å²) in [7, 11) is 0. The molecule has 0 aliphatic rings. The first kappa shape index (κ1) is 17.5. The smallest absolute Gasteiger partial charge is 0.306 e. The highest BCUT2D eigenvalue weighted by Gasteiger charge is 2.18. The molecule has 23 heavy (non-hydrogen) atoms. The Morgan fingerprint density at radius 3 is 2.57 bits per heavy atom. The SMILES string of the molecule is CCOC(=O)CCC(=O)N[C@H](c1ccc(Cl)cc1)c1cccs1. The van der Waals surface area contributed by atoms with Crippen molar-refractivity contribution in [2.45, 2.75) is 25.8 Å². The van der Waals surface area contributed by atoms with Gasteiger partial charge < -0.3 is 10.1 Å². The number of benzene rings is 1. The number of carbonyl (C=O) groups is 2. The van der Waals surface area contributed by atoms with Gasteiger partial charge in [0.25, 0.3) is 0 Å². The minimum atomic E-state index is -0.359. The van der Waals surface area contributed by atoms with Crippen molar-refractivity contribution in [2.75, 3.05) is 6.61 Å². The van der Waals surface area contributed by atoms with E-state index in [-0.39, 0.29) is 30.8 Å². The molecule has 0 aliphatic heterocycles. The lowest BCUT2D eigenvalue weighted by atomic mass is 10.1. The molecule has 1 aromatic heterocycles. The molecule has 1 amide bonds. The summed E-state index contributed by atoms with van der Waals surface area (Å²) in [6.07, 6.45) is 0.186. The molecule has 1 N–H and O–H groups in total. The van der Waals surface area contributed by atoms with Gasteiger partial charge in [0.05, 0.1) is 19.1 Å². The Balaban J connectivity index is 2.05. The number of nitrogens with one attached hydrogen (secondary N) is 1. The maximum absolute atomic E-state index is 12.2. The topological polar surface area (TPSA) is 55.4 Å². The number of carbonyl (C=O) groups excluding carboxylic acids is 2. The fraction of sp³-hybridized carbons (Fsp3) is 0.294. The summed E-state index contributed by atoms with van der Waals surface area (Å²) < 4.78 is 4.84. The number of thiophene rings is 1. The molecule has 4 nitrogen and oxygen atoms in total. The molecule has 2 aromatic rings. The summed E-state index contributed by atoms with van der Waals surface area (Å²) in [5, 5.41) is 5.58. The Labute approximate surface area is 144 Å². The number of amides is 1. The summed E-state index contributed by atoms with van der Waals surface area (Å²) in [5.41, 5.74) is 0.946. The number of hydrogen-bond donors (Lipinski definition) is 1. The number of rotatable bonds is 7. The van der Waals surface area contributed by atoms with Crippen molar-refractivity contribution in [3.05, 3.63) is 57.2 Å². The first-order valence-electron chi connectivity index (χ1n) is 7.34. The summed E-state index contributed by atoms with van der Waals surface area (Å²) in [5.74, 6) is -0.548. The zero-order valence-corrected chi connectivity index (χ0v) is 14.3. The molecule has 0 fully saturated rings. The van der Waals surface area contributed by atoms with Crippen molar-refractivity contribution < 1.29 is 14.3 Å². The lowest BCUT2D eigenvalue weighted by molar-refractivity contribution is -0.144. The highest BCUT2D eigenvalue weighted by Crippen LogP contribution is 2.27. The molecule has 0 radical (unpaired) electrons. The van der Waals surface area contributed by atoms with Gasteiger partial charge in [-0.15, -0.1) is 11.3 Å². The highest BCUT2D eigenvalue weighted by atomic mass is 35.5. The van der Waals surface area contributed by atoms with Crippen LogP contribution >= 0.6 is 22.9 Å². The Morgan fingerprint density at radius 1 is 1.22 bits per heavy atom. The molecule has 1 atom stereocenters. The van der Waals surface area contributed by atoms with Gasteiger partial charge in [0.1, 0.15) is 0 Å². The van der Waals surface area contributed by atoms with E-state index in [1.165, 1.54) is 0 Å². The Kier molecular flexibility index (Phi) is 6.62. The lowest BCUT2D eigenvalue weighted by Crippen LogP contribution is -2.29. The van der Waals surface area contributed by atoms with Gasteiger partial charge in [-0.2, -0.15) is 0 Å². The third-order valence-electron chi connectivity index (χ3n) is 3.20. The molecule has 1 heterocycles. The minimum Gasteiger partial charge on any atom is -0.466 e. The van der Waals surface area contributed by atoms with E-state index in [4.69, 9.17) is 16.3 Å². The Morgan fingerprint density at radius 2 is 1.96 bits per heavy atom. The second-order valence-corrected chi connectivity index (χ2v) is 6.29.